The first kappa shape index (κ1) is 18.2. The molecule has 8 nitrogen and oxygen atoms in total. The molecule has 0 aliphatic carbocycles. The van der Waals surface area contributed by atoms with Crippen LogP contribution < -0.4 is 11.1 Å². The van der Waals surface area contributed by atoms with Crippen molar-refractivity contribution >= 4 is 34.1 Å². The van der Waals surface area contributed by atoms with Gasteiger partial charge in [0, 0.05) is 17.8 Å². The van der Waals surface area contributed by atoms with E-state index < -0.39 is 11.0 Å². The van der Waals surface area contributed by atoms with Crippen molar-refractivity contribution in [1.29, 1.82) is 0 Å². The van der Waals surface area contributed by atoms with Gasteiger partial charge in [0.2, 0.25) is 0 Å². The van der Waals surface area contributed by atoms with Crippen LogP contribution in [0.1, 0.15) is 11.1 Å². The number of hydrogen-bond donors (Lipinski definition) is 2. The molecule has 4 aromatic rings. The number of nitrogens with one attached hydrogen (secondary N) is 1. The molecule has 0 bridgehead atoms. The van der Waals surface area contributed by atoms with E-state index in [0.29, 0.717) is 16.6 Å². The molecule has 0 atom stereocenters. The zero-order chi connectivity index (χ0) is 20.4. The number of nitro benzene ring substituents is 1. The predicted octanol–water partition coefficient (Wildman–Crippen LogP) is 4.20. The fourth-order valence-electron chi connectivity index (χ4n) is 3.11. The van der Waals surface area contributed by atoms with E-state index in [1.54, 1.807) is 0 Å². The molecule has 0 saturated carbocycles. The predicted molar refractivity (Wildman–Crippen MR) is 111 cm³/mol. The Morgan fingerprint density at radius 3 is 2.41 bits per heavy atom. The van der Waals surface area contributed by atoms with E-state index >= 15 is 0 Å². The Kier molecular flexibility index (Phi) is 4.66. The van der Waals surface area contributed by atoms with Crippen molar-refractivity contribution in [2.45, 2.75) is 6.42 Å². The van der Waals surface area contributed by atoms with E-state index in [-0.39, 0.29) is 11.5 Å². The number of benzene rings is 3. The average Bonchev–Trinajstić information content (AvgIpc) is 3.06. The molecule has 0 spiro atoms. The van der Waals surface area contributed by atoms with Gasteiger partial charge in [-0.15, -0.1) is 5.10 Å². The van der Waals surface area contributed by atoms with Crippen LogP contribution in [-0.2, 0) is 6.42 Å². The quantitative estimate of drug-likeness (QED) is 0.402. The molecule has 0 fully saturated rings. The van der Waals surface area contributed by atoms with Crippen LogP contribution >= 0.6 is 0 Å². The summed E-state index contributed by atoms with van der Waals surface area (Å²) in [5.41, 5.74) is 9.05. The molecule has 8 heteroatoms. The molecule has 0 unspecified atom stereocenters. The number of nitrogens with two attached hydrogens (primary N) is 1. The van der Waals surface area contributed by atoms with Crippen molar-refractivity contribution in [3.8, 4) is 0 Å². The number of fused-ring (bicyclic) bond motifs is 1. The lowest BCUT2D eigenvalue weighted by Gasteiger charge is -2.07. The highest BCUT2D eigenvalue weighted by molar-refractivity contribution is 6.01. The van der Waals surface area contributed by atoms with Crippen LogP contribution in [0.2, 0.25) is 0 Å². The van der Waals surface area contributed by atoms with E-state index in [0.717, 1.165) is 16.7 Å². The van der Waals surface area contributed by atoms with Crippen LogP contribution in [0.15, 0.2) is 72.8 Å². The molecule has 1 aromatic heterocycles. The molecular weight excluding hydrogens is 370 g/mol. The number of aromatic nitrogens is 2. The molecule has 0 aliphatic rings. The zero-order valence-corrected chi connectivity index (χ0v) is 15.3. The standard InChI is InChI=1S/C21H17N5O3/c22-20-18-13-17(26(28)29)10-11-19(18)25(24-20)21(27)23-16-8-6-15(7-9-16)12-14-4-2-1-3-5-14/h1-11,13H,12H2,(H2,22,24)(H,23,27). The third-order valence-electron chi connectivity index (χ3n) is 4.55. The fourth-order valence-corrected chi connectivity index (χ4v) is 3.11. The molecule has 29 heavy (non-hydrogen) atoms. The molecule has 1 heterocycles. The number of anilines is 2. The summed E-state index contributed by atoms with van der Waals surface area (Å²) in [4.78, 5) is 23.1. The van der Waals surface area contributed by atoms with Crippen molar-refractivity contribution in [1.82, 2.24) is 9.78 Å². The Morgan fingerprint density at radius 1 is 1.03 bits per heavy atom. The van der Waals surface area contributed by atoms with Gasteiger partial charge in [-0.05, 0) is 35.7 Å². The number of rotatable bonds is 4. The minimum Gasteiger partial charge on any atom is -0.382 e. The van der Waals surface area contributed by atoms with E-state index in [9.17, 15) is 14.9 Å². The van der Waals surface area contributed by atoms with E-state index in [4.69, 9.17) is 5.73 Å². The lowest BCUT2D eigenvalue weighted by atomic mass is 10.0. The largest absolute Gasteiger partial charge is 0.382 e. The van der Waals surface area contributed by atoms with Gasteiger partial charge in [-0.2, -0.15) is 4.68 Å². The maximum absolute atomic E-state index is 12.6. The van der Waals surface area contributed by atoms with Crippen molar-refractivity contribution in [3.05, 3.63) is 94.0 Å². The van der Waals surface area contributed by atoms with Crippen LogP contribution in [-0.4, -0.2) is 20.7 Å². The third kappa shape index (κ3) is 3.77. The van der Waals surface area contributed by atoms with Gasteiger partial charge in [0.05, 0.1) is 15.8 Å². The zero-order valence-electron chi connectivity index (χ0n) is 15.3. The van der Waals surface area contributed by atoms with Gasteiger partial charge in [0.15, 0.2) is 5.82 Å². The normalized spacial score (nSPS) is 10.8. The number of hydrogen-bond acceptors (Lipinski definition) is 5. The van der Waals surface area contributed by atoms with Crippen LogP contribution in [0.3, 0.4) is 0 Å². The number of carbonyl (C=O) groups is 1. The van der Waals surface area contributed by atoms with Gasteiger partial charge in [-0.3, -0.25) is 10.1 Å². The lowest BCUT2D eigenvalue weighted by Crippen LogP contribution is -2.20. The van der Waals surface area contributed by atoms with Gasteiger partial charge in [0.25, 0.3) is 5.69 Å². The highest BCUT2D eigenvalue weighted by Crippen LogP contribution is 2.25. The highest BCUT2D eigenvalue weighted by atomic mass is 16.6. The number of non-ortho nitro benzene ring substituents is 1. The molecule has 3 N–H and O–H groups in total. The van der Waals surface area contributed by atoms with Gasteiger partial charge >= 0.3 is 6.03 Å². The first-order chi connectivity index (χ1) is 14.0. The molecule has 0 radical (unpaired) electrons. The summed E-state index contributed by atoms with van der Waals surface area (Å²) < 4.78 is 1.10. The molecule has 3 aromatic carbocycles. The van der Waals surface area contributed by atoms with E-state index in [1.165, 1.54) is 23.8 Å². The van der Waals surface area contributed by atoms with Crippen molar-refractivity contribution < 1.29 is 9.72 Å². The van der Waals surface area contributed by atoms with Crippen molar-refractivity contribution in [2.24, 2.45) is 0 Å². The lowest BCUT2D eigenvalue weighted by molar-refractivity contribution is -0.384. The number of nitro groups is 1. The second-order valence-corrected chi connectivity index (χ2v) is 6.55. The summed E-state index contributed by atoms with van der Waals surface area (Å²) in [6.45, 7) is 0. The second-order valence-electron chi connectivity index (χ2n) is 6.55. The first-order valence-electron chi connectivity index (χ1n) is 8.88. The van der Waals surface area contributed by atoms with Crippen LogP contribution in [0.25, 0.3) is 10.9 Å². The van der Waals surface area contributed by atoms with Gasteiger partial charge in [-0.25, -0.2) is 4.79 Å². The summed E-state index contributed by atoms with van der Waals surface area (Å²) in [7, 11) is 0. The Bertz CT molecular complexity index is 1200. The molecule has 1 amide bonds. The number of nitrogens with zero attached hydrogens (tertiary/aromatic N) is 3. The number of nitrogen functional groups attached to an aromatic ring is 1. The van der Waals surface area contributed by atoms with Crippen LogP contribution in [0.5, 0.6) is 0 Å². The summed E-state index contributed by atoms with van der Waals surface area (Å²) >= 11 is 0. The smallest absolute Gasteiger partial charge is 0.347 e. The Labute approximate surface area is 165 Å². The third-order valence-corrected chi connectivity index (χ3v) is 4.55. The molecule has 0 saturated heterocycles. The van der Waals surface area contributed by atoms with Gasteiger partial charge in [0.1, 0.15) is 0 Å². The van der Waals surface area contributed by atoms with Crippen LogP contribution in [0.4, 0.5) is 22.0 Å². The molecule has 144 valence electrons. The molecule has 4 rings (SSSR count). The Hall–Kier alpha value is -4.20. The topological polar surface area (TPSA) is 116 Å². The van der Waals surface area contributed by atoms with E-state index in [2.05, 4.69) is 22.5 Å². The van der Waals surface area contributed by atoms with E-state index in [1.807, 2.05) is 42.5 Å². The average molecular weight is 387 g/mol. The molecular formula is C21H17N5O3. The summed E-state index contributed by atoms with van der Waals surface area (Å²) in [5.74, 6) is 0.0528. The monoisotopic (exact) mass is 387 g/mol. The van der Waals surface area contributed by atoms with Gasteiger partial charge in [-0.1, -0.05) is 42.5 Å². The van der Waals surface area contributed by atoms with Crippen LogP contribution in [0, 0.1) is 10.1 Å². The number of carbonyl (C=O) groups excluding carboxylic acids is 1. The summed E-state index contributed by atoms with van der Waals surface area (Å²) in [6, 6.07) is 21.2. The van der Waals surface area contributed by atoms with Crippen molar-refractivity contribution in [2.75, 3.05) is 11.1 Å². The highest BCUT2D eigenvalue weighted by Gasteiger charge is 2.17. The minimum absolute atomic E-state index is 0.0528. The Morgan fingerprint density at radius 2 is 1.72 bits per heavy atom. The maximum atomic E-state index is 12.6. The van der Waals surface area contributed by atoms with Crippen molar-refractivity contribution in [3.63, 3.8) is 0 Å². The fraction of sp³-hybridized carbons (Fsp3) is 0.0476. The summed E-state index contributed by atoms with van der Waals surface area (Å²) in [6.07, 6.45) is 0.800. The molecule has 0 aliphatic heterocycles. The first-order valence-corrected chi connectivity index (χ1v) is 8.88. The number of amides is 1. The Balaban J connectivity index is 1.53. The summed E-state index contributed by atoms with van der Waals surface area (Å²) in [5, 5.41) is 18.1. The maximum Gasteiger partial charge on any atom is 0.347 e. The van der Waals surface area contributed by atoms with Gasteiger partial charge < -0.3 is 11.1 Å². The second kappa shape index (κ2) is 7.43. The SMILES string of the molecule is Nc1nn(C(=O)Nc2ccc(Cc3ccccc3)cc2)c2ccc([N+](=O)[O-])cc12. The minimum atomic E-state index is -0.521.